The predicted molar refractivity (Wildman–Crippen MR) is 68.3 cm³/mol. The zero-order chi connectivity index (χ0) is 12.3. The van der Waals surface area contributed by atoms with Crippen LogP contribution >= 0.6 is 0 Å². The molecule has 17 heavy (non-hydrogen) atoms. The zero-order valence-corrected chi connectivity index (χ0v) is 10.1. The van der Waals surface area contributed by atoms with Crippen LogP contribution in [-0.2, 0) is 16.8 Å². The van der Waals surface area contributed by atoms with Crippen molar-refractivity contribution in [3.05, 3.63) is 35.4 Å². The Morgan fingerprint density at radius 2 is 1.82 bits per heavy atom. The molecule has 0 aromatic heterocycles. The van der Waals surface area contributed by atoms with Gasteiger partial charge in [0.1, 0.15) is 0 Å². The number of hydrogen-bond donors (Lipinski definition) is 2. The summed E-state index contributed by atoms with van der Waals surface area (Å²) in [5, 5.41) is 0. The van der Waals surface area contributed by atoms with E-state index in [0.29, 0.717) is 0 Å². The van der Waals surface area contributed by atoms with E-state index < -0.39 is 0 Å². The molecule has 0 saturated heterocycles. The van der Waals surface area contributed by atoms with Gasteiger partial charge in [0.15, 0.2) is 0 Å². The Balaban J connectivity index is 2.32. The number of carbonyl (C=O) groups excluding carboxylic acids is 1. The van der Waals surface area contributed by atoms with Crippen LogP contribution in [0.25, 0.3) is 0 Å². The maximum atomic E-state index is 11.1. The monoisotopic (exact) mass is 232 g/mol. The van der Waals surface area contributed by atoms with E-state index in [1.54, 1.807) is 0 Å². The first kappa shape index (κ1) is 12.1. The predicted octanol–water partition coefficient (Wildman–Crippen LogP) is 1.83. The van der Waals surface area contributed by atoms with Crippen molar-refractivity contribution in [2.75, 3.05) is 0 Å². The van der Waals surface area contributed by atoms with Gasteiger partial charge in [0.25, 0.3) is 0 Å². The highest BCUT2D eigenvalue weighted by Gasteiger charge is 2.31. The first-order valence-electron chi connectivity index (χ1n) is 6.27. The van der Waals surface area contributed by atoms with Gasteiger partial charge in [0, 0.05) is 5.54 Å². The molecule has 0 atom stereocenters. The summed E-state index contributed by atoms with van der Waals surface area (Å²) in [6.07, 6.45) is 5.89. The van der Waals surface area contributed by atoms with Crippen LogP contribution in [0.4, 0.5) is 0 Å². The fourth-order valence-electron chi connectivity index (χ4n) is 2.80. The van der Waals surface area contributed by atoms with E-state index in [1.165, 1.54) is 19.3 Å². The van der Waals surface area contributed by atoms with Gasteiger partial charge in [0.05, 0.1) is 6.42 Å². The van der Waals surface area contributed by atoms with Crippen LogP contribution < -0.4 is 11.5 Å². The highest BCUT2D eigenvalue weighted by atomic mass is 16.1. The Kier molecular flexibility index (Phi) is 3.48. The lowest BCUT2D eigenvalue weighted by Crippen LogP contribution is -2.39. The zero-order valence-electron chi connectivity index (χ0n) is 10.1. The van der Waals surface area contributed by atoms with Gasteiger partial charge in [-0.25, -0.2) is 0 Å². The van der Waals surface area contributed by atoms with Gasteiger partial charge < -0.3 is 11.5 Å². The molecule has 1 aliphatic carbocycles. The standard InChI is InChI=1S/C14H20N2O/c15-13(17)10-11-6-2-3-7-12(11)14(16)8-4-1-5-9-14/h2-3,6-7H,1,4-5,8-10,16H2,(H2,15,17). The Labute approximate surface area is 102 Å². The first-order chi connectivity index (χ1) is 8.12. The molecule has 3 heteroatoms. The van der Waals surface area contributed by atoms with Gasteiger partial charge in [0.2, 0.25) is 5.91 Å². The van der Waals surface area contributed by atoms with Crippen molar-refractivity contribution in [1.82, 2.24) is 0 Å². The molecule has 1 aliphatic rings. The van der Waals surface area contributed by atoms with Crippen LogP contribution in [0, 0.1) is 0 Å². The smallest absolute Gasteiger partial charge is 0.221 e. The third-order valence-electron chi connectivity index (χ3n) is 3.66. The number of hydrogen-bond acceptors (Lipinski definition) is 2. The van der Waals surface area contributed by atoms with Crippen LogP contribution in [0.15, 0.2) is 24.3 Å². The number of amides is 1. The molecule has 3 nitrogen and oxygen atoms in total. The molecule has 0 bridgehead atoms. The number of primary amides is 1. The van der Waals surface area contributed by atoms with Crippen LogP contribution in [0.1, 0.15) is 43.2 Å². The minimum Gasteiger partial charge on any atom is -0.369 e. The third-order valence-corrected chi connectivity index (χ3v) is 3.66. The van der Waals surface area contributed by atoms with Crippen molar-refractivity contribution in [3.63, 3.8) is 0 Å². The third kappa shape index (κ3) is 2.67. The number of benzene rings is 1. The van der Waals surface area contributed by atoms with Crippen molar-refractivity contribution in [2.45, 2.75) is 44.1 Å². The van der Waals surface area contributed by atoms with Gasteiger partial charge in [-0.15, -0.1) is 0 Å². The second kappa shape index (κ2) is 4.88. The fraction of sp³-hybridized carbons (Fsp3) is 0.500. The molecular formula is C14H20N2O. The number of rotatable bonds is 3. The first-order valence-corrected chi connectivity index (χ1v) is 6.27. The summed E-state index contributed by atoms with van der Waals surface area (Å²) < 4.78 is 0. The Morgan fingerprint density at radius 1 is 1.18 bits per heavy atom. The van der Waals surface area contributed by atoms with E-state index in [-0.39, 0.29) is 17.9 Å². The molecule has 1 amide bonds. The second-order valence-corrected chi connectivity index (χ2v) is 5.02. The van der Waals surface area contributed by atoms with Crippen molar-refractivity contribution in [1.29, 1.82) is 0 Å². The van der Waals surface area contributed by atoms with Crippen molar-refractivity contribution in [3.8, 4) is 0 Å². The minimum absolute atomic E-state index is 0.260. The van der Waals surface area contributed by atoms with E-state index in [4.69, 9.17) is 11.5 Å². The van der Waals surface area contributed by atoms with E-state index in [1.807, 2.05) is 24.3 Å². The molecule has 4 N–H and O–H groups in total. The van der Waals surface area contributed by atoms with Gasteiger partial charge in [-0.1, -0.05) is 43.5 Å². The second-order valence-electron chi connectivity index (χ2n) is 5.02. The summed E-state index contributed by atoms with van der Waals surface area (Å²) in [6.45, 7) is 0. The summed E-state index contributed by atoms with van der Waals surface area (Å²) >= 11 is 0. The molecule has 0 spiro atoms. The van der Waals surface area contributed by atoms with Crippen LogP contribution in [0.3, 0.4) is 0 Å². The Hall–Kier alpha value is -1.35. The van der Waals surface area contributed by atoms with Crippen molar-refractivity contribution in [2.24, 2.45) is 11.5 Å². The summed E-state index contributed by atoms with van der Waals surface area (Å²) in [6, 6.07) is 7.93. The summed E-state index contributed by atoms with van der Waals surface area (Å²) in [5.74, 6) is -0.295. The van der Waals surface area contributed by atoms with E-state index in [9.17, 15) is 4.79 Å². The average molecular weight is 232 g/mol. The van der Waals surface area contributed by atoms with E-state index >= 15 is 0 Å². The van der Waals surface area contributed by atoms with Crippen LogP contribution in [-0.4, -0.2) is 5.91 Å². The van der Waals surface area contributed by atoms with Gasteiger partial charge in [-0.2, -0.15) is 0 Å². The molecule has 0 radical (unpaired) electrons. The SMILES string of the molecule is NC(=O)Cc1ccccc1C1(N)CCCCC1. The van der Waals surface area contributed by atoms with E-state index in [0.717, 1.165) is 24.0 Å². The molecule has 0 aliphatic heterocycles. The topological polar surface area (TPSA) is 69.1 Å². The van der Waals surface area contributed by atoms with Gasteiger partial charge >= 0.3 is 0 Å². The molecular weight excluding hydrogens is 212 g/mol. The van der Waals surface area contributed by atoms with Crippen LogP contribution in [0.5, 0.6) is 0 Å². The number of carbonyl (C=O) groups is 1. The quantitative estimate of drug-likeness (QED) is 0.834. The fourth-order valence-corrected chi connectivity index (χ4v) is 2.80. The highest BCUT2D eigenvalue weighted by Crippen LogP contribution is 2.36. The molecule has 1 fully saturated rings. The molecule has 0 unspecified atom stereocenters. The minimum atomic E-state index is -0.295. The van der Waals surface area contributed by atoms with Gasteiger partial charge in [-0.3, -0.25) is 4.79 Å². The molecule has 1 aromatic carbocycles. The average Bonchev–Trinajstić information content (AvgIpc) is 2.30. The Morgan fingerprint density at radius 3 is 2.47 bits per heavy atom. The normalized spacial score (nSPS) is 18.9. The highest BCUT2D eigenvalue weighted by molar-refractivity contribution is 5.77. The molecule has 1 saturated carbocycles. The van der Waals surface area contributed by atoms with Gasteiger partial charge in [-0.05, 0) is 24.0 Å². The molecule has 92 valence electrons. The largest absolute Gasteiger partial charge is 0.369 e. The summed E-state index contributed by atoms with van der Waals surface area (Å²) in [5.41, 5.74) is 13.6. The lowest BCUT2D eigenvalue weighted by atomic mass is 9.75. The van der Waals surface area contributed by atoms with Crippen LogP contribution in [0.2, 0.25) is 0 Å². The molecule has 2 rings (SSSR count). The lowest BCUT2D eigenvalue weighted by Gasteiger charge is -2.35. The van der Waals surface area contributed by atoms with Crippen molar-refractivity contribution >= 4 is 5.91 Å². The Bertz CT molecular complexity index is 408. The summed E-state index contributed by atoms with van der Waals surface area (Å²) in [7, 11) is 0. The maximum Gasteiger partial charge on any atom is 0.221 e. The number of nitrogens with two attached hydrogens (primary N) is 2. The molecule has 1 aromatic rings. The van der Waals surface area contributed by atoms with Crippen molar-refractivity contribution < 1.29 is 4.79 Å². The maximum absolute atomic E-state index is 11.1. The summed E-state index contributed by atoms with van der Waals surface area (Å²) in [4.78, 5) is 11.1. The lowest BCUT2D eigenvalue weighted by molar-refractivity contribution is -0.117. The van der Waals surface area contributed by atoms with E-state index in [2.05, 4.69) is 0 Å². The molecule has 0 heterocycles.